The summed E-state index contributed by atoms with van der Waals surface area (Å²) >= 11 is 2.97. The van der Waals surface area contributed by atoms with Gasteiger partial charge in [0.25, 0.3) is 0 Å². The van der Waals surface area contributed by atoms with Crippen molar-refractivity contribution < 1.29 is 26.3 Å². The summed E-state index contributed by atoms with van der Waals surface area (Å²) in [7, 11) is 0. The Kier molecular flexibility index (Phi) is 9.55. The molecule has 1 fully saturated rings. The zero-order valence-electron chi connectivity index (χ0n) is 12.8. The van der Waals surface area contributed by atoms with E-state index in [0.29, 0.717) is 26.2 Å². The van der Waals surface area contributed by atoms with Crippen molar-refractivity contribution in [2.45, 2.75) is 24.8 Å². The van der Waals surface area contributed by atoms with Crippen LogP contribution in [0.2, 0.25) is 0 Å². The molecule has 25 heavy (non-hydrogen) atoms. The highest BCUT2D eigenvalue weighted by Crippen LogP contribution is 2.38. The Bertz CT molecular complexity index is 547. The molecule has 1 aromatic rings. The van der Waals surface area contributed by atoms with Crippen molar-refractivity contribution >= 4 is 40.7 Å². The van der Waals surface area contributed by atoms with Crippen molar-refractivity contribution in [2.24, 2.45) is 0 Å². The molecule has 1 aliphatic heterocycles. The third-order valence-electron chi connectivity index (χ3n) is 3.65. The van der Waals surface area contributed by atoms with Crippen molar-refractivity contribution in [2.75, 3.05) is 26.2 Å². The molecule has 0 saturated carbocycles. The molecule has 1 saturated heterocycles. The topological polar surface area (TPSA) is 15.3 Å². The van der Waals surface area contributed by atoms with Crippen molar-refractivity contribution in [1.82, 2.24) is 10.2 Å². The van der Waals surface area contributed by atoms with E-state index in [0.717, 1.165) is 12.1 Å². The van der Waals surface area contributed by atoms with E-state index in [-0.39, 0.29) is 34.9 Å². The number of piperazine rings is 1. The normalized spacial score (nSPS) is 17.4. The van der Waals surface area contributed by atoms with Crippen LogP contribution in [0.15, 0.2) is 22.7 Å². The van der Waals surface area contributed by atoms with Gasteiger partial charge in [-0.1, -0.05) is 15.9 Å². The molecule has 2 nitrogen and oxygen atoms in total. The fraction of sp³-hybridized carbons (Fsp3) is 0.571. The van der Waals surface area contributed by atoms with E-state index in [1.807, 2.05) is 0 Å². The molecular formula is C14H17BrCl2F6N2. The highest BCUT2D eigenvalue weighted by atomic mass is 79.9. The lowest BCUT2D eigenvalue weighted by Gasteiger charge is -2.36. The Morgan fingerprint density at radius 3 is 2.04 bits per heavy atom. The van der Waals surface area contributed by atoms with E-state index < -0.39 is 30.4 Å². The molecule has 0 radical (unpaired) electrons. The minimum atomic E-state index is -4.61. The van der Waals surface area contributed by atoms with Crippen molar-refractivity contribution in [3.63, 3.8) is 0 Å². The molecule has 0 unspecified atom stereocenters. The minimum Gasteiger partial charge on any atom is -0.314 e. The first kappa shape index (κ1) is 24.8. The van der Waals surface area contributed by atoms with Crippen LogP contribution in [0.25, 0.3) is 0 Å². The van der Waals surface area contributed by atoms with Crippen LogP contribution in [0.4, 0.5) is 26.3 Å². The van der Waals surface area contributed by atoms with E-state index in [4.69, 9.17) is 0 Å². The van der Waals surface area contributed by atoms with E-state index in [1.165, 1.54) is 6.07 Å². The Balaban J connectivity index is 0.00000288. The molecule has 0 spiro atoms. The summed E-state index contributed by atoms with van der Waals surface area (Å²) in [6.45, 7) is 1.73. The van der Waals surface area contributed by atoms with Gasteiger partial charge < -0.3 is 5.32 Å². The van der Waals surface area contributed by atoms with Gasteiger partial charge in [0.15, 0.2) is 0 Å². The third kappa shape index (κ3) is 7.50. The fourth-order valence-corrected chi connectivity index (χ4v) is 3.15. The van der Waals surface area contributed by atoms with Crippen LogP contribution < -0.4 is 5.32 Å². The predicted octanol–water partition coefficient (Wildman–Crippen LogP) is 5.21. The van der Waals surface area contributed by atoms with Gasteiger partial charge in [0.1, 0.15) is 0 Å². The van der Waals surface area contributed by atoms with E-state index in [9.17, 15) is 26.3 Å². The molecule has 146 valence electrons. The zero-order chi connectivity index (χ0) is 17.3. The first-order valence-corrected chi connectivity index (χ1v) is 7.75. The van der Waals surface area contributed by atoms with Gasteiger partial charge in [0, 0.05) is 36.7 Å². The highest BCUT2D eigenvalue weighted by molar-refractivity contribution is 9.10. The van der Waals surface area contributed by atoms with Crippen LogP contribution in [0.5, 0.6) is 0 Å². The first-order chi connectivity index (χ1) is 10.6. The maximum Gasteiger partial charge on any atom is 0.416 e. The maximum absolute atomic E-state index is 12.9. The van der Waals surface area contributed by atoms with E-state index in [2.05, 4.69) is 21.2 Å². The lowest BCUT2D eigenvalue weighted by atomic mass is 9.98. The second-order valence-electron chi connectivity index (χ2n) is 5.39. The predicted molar refractivity (Wildman–Crippen MR) is 91.5 cm³/mol. The van der Waals surface area contributed by atoms with Gasteiger partial charge in [-0.15, -0.1) is 24.8 Å². The fourth-order valence-electron chi connectivity index (χ4n) is 2.64. The summed E-state index contributed by atoms with van der Waals surface area (Å²) in [5.74, 6) is 0. The molecule has 2 rings (SSSR count). The Hall–Kier alpha value is -0.220. The van der Waals surface area contributed by atoms with Crippen molar-refractivity contribution in [3.05, 3.63) is 33.8 Å². The van der Waals surface area contributed by atoms with Crippen molar-refractivity contribution in [3.8, 4) is 0 Å². The third-order valence-corrected chi connectivity index (χ3v) is 4.11. The molecule has 1 aliphatic rings. The lowest BCUT2D eigenvalue weighted by molar-refractivity contribution is -0.148. The van der Waals surface area contributed by atoms with Crippen LogP contribution in [0.1, 0.15) is 23.6 Å². The average molecular weight is 478 g/mol. The maximum atomic E-state index is 12.9. The summed E-state index contributed by atoms with van der Waals surface area (Å²) in [6.07, 6.45) is -10.2. The van der Waals surface area contributed by atoms with Gasteiger partial charge in [-0.25, -0.2) is 0 Å². The molecule has 1 aromatic carbocycles. The second-order valence-corrected chi connectivity index (χ2v) is 6.31. The first-order valence-electron chi connectivity index (χ1n) is 6.95. The van der Waals surface area contributed by atoms with Gasteiger partial charge in [-0.05, 0) is 23.8 Å². The number of nitrogens with zero attached hydrogens (tertiary/aromatic N) is 1. The standard InChI is InChI=1S/C14H15BrF6N2.2ClH/c15-11-6-9(5-10(7-11)14(19,20)21)12(8-13(16,17)18)23-3-1-22-2-4-23;;/h5-7,12,22H,1-4,8H2;2*1H/t12-;;/m0../s1. The van der Waals surface area contributed by atoms with Gasteiger partial charge in [0.2, 0.25) is 0 Å². The monoisotopic (exact) mass is 476 g/mol. The minimum absolute atomic E-state index is 0. The van der Waals surface area contributed by atoms with Crippen LogP contribution in [-0.4, -0.2) is 37.3 Å². The zero-order valence-corrected chi connectivity index (χ0v) is 16.0. The molecule has 0 bridgehead atoms. The SMILES string of the molecule is Cl.Cl.FC(F)(F)C[C@@H](c1cc(Br)cc(C(F)(F)F)c1)N1CCNCC1. The van der Waals surface area contributed by atoms with E-state index >= 15 is 0 Å². The molecule has 1 heterocycles. The summed E-state index contributed by atoms with van der Waals surface area (Å²) in [5, 5.41) is 3.02. The van der Waals surface area contributed by atoms with Gasteiger partial charge in [-0.3, -0.25) is 4.90 Å². The number of nitrogens with one attached hydrogen (secondary N) is 1. The Labute approximate surface area is 162 Å². The number of rotatable bonds is 3. The lowest BCUT2D eigenvalue weighted by Crippen LogP contribution is -2.46. The summed E-state index contributed by atoms with van der Waals surface area (Å²) < 4.78 is 77.6. The highest BCUT2D eigenvalue weighted by Gasteiger charge is 2.38. The van der Waals surface area contributed by atoms with Crippen LogP contribution in [0.3, 0.4) is 0 Å². The van der Waals surface area contributed by atoms with Crippen LogP contribution >= 0.6 is 40.7 Å². The van der Waals surface area contributed by atoms with Crippen molar-refractivity contribution in [1.29, 1.82) is 0 Å². The molecular weight excluding hydrogens is 461 g/mol. The Morgan fingerprint density at radius 1 is 1.00 bits per heavy atom. The molecule has 1 atom stereocenters. The second kappa shape index (κ2) is 9.64. The van der Waals surface area contributed by atoms with Gasteiger partial charge in [-0.2, -0.15) is 26.3 Å². The summed E-state index contributed by atoms with van der Waals surface area (Å²) in [6, 6.07) is 1.87. The van der Waals surface area contributed by atoms with Crippen LogP contribution in [-0.2, 0) is 6.18 Å². The summed E-state index contributed by atoms with van der Waals surface area (Å²) in [4.78, 5) is 1.58. The molecule has 1 N–H and O–H groups in total. The van der Waals surface area contributed by atoms with Gasteiger partial charge >= 0.3 is 12.4 Å². The van der Waals surface area contributed by atoms with E-state index in [1.54, 1.807) is 4.90 Å². The quantitative estimate of drug-likeness (QED) is 0.601. The number of hydrogen-bond donors (Lipinski definition) is 1. The van der Waals surface area contributed by atoms with Gasteiger partial charge in [0.05, 0.1) is 12.0 Å². The number of hydrogen-bond acceptors (Lipinski definition) is 2. The molecule has 0 amide bonds. The molecule has 0 aliphatic carbocycles. The molecule has 11 heteroatoms. The average Bonchev–Trinajstić information content (AvgIpc) is 2.43. The number of benzene rings is 1. The molecule has 0 aromatic heterocycles. The summed E-state index contributed by atoms with van der Waals surface area (Å²) in [5.41, 5.74) is -0.935. The number of alkyl halides is 6. The van der Waals surface area contributed by atoms with Crippen LogP contribution in [0, 0.1) is 0 Å². The smallest absolute Gasteiger partial charge is 0.314 e. The largest absolute Gasteiger partial charge is 0.416 e. The number of halogens is 9. The Morgan fingerprint density at radius 2 is 1.56 bits per heavy atom.